The molecule has 0 aromatic heterocycles. The number of hydrogen-bond donors (Lipinski definition) is 2. The zero-order valence-corrected chi connectivity index (χ0v) is 13.9. The van der Waals surface area contributed by atoms with Crippen LogP contribution < -0.4 is 10.6 Å². The molecule has 0 aliphatic heterocycles. The zero-order chi connectivity index (χ0) is 15.6. The van der Waals surface area contributed by atoms with Gasteiger partial charge >= 0.3 is 6.09 Å². The Kier molecular flexibility index (Phi) is 9.59. The van der Waals surface area contributed by atoms with E-state index in [4.69, 9.17) is 9.47 Å². The van der Waals surface area contributed by atoms with Crippen molar-refractivity contribution >= 4 is 6.09 Å². The van der Waals surface area contributed by atoms with E-state index >= 15 is 0 Å². The third kappa shape index (κ3) is 10.0. The first-order valence-corrected chi connectivity index (χ1v) is 7.54. The van der Waals surface area contributed by atoms with E-state index in [2.05, 4.69) is 24.5 Å². The number of nitrogens with one attached hydrogen (secondary N) is 2. The van der Waals surface area contributed by atoms with Gasteiger partial charge in [-0.25, -0.2) is 4.79 Å². The van der Waals surface area contributed by atoms with Crippen molar-refractivity contribution in [2.24, 2.45) is 0 Å². The molecule has 120 valence electrons. The number of methoxy groups -OCH3 is 1. The van der Waals surface area contributed by atoms with Crippen LogP contribution in [0.4, 0.5) is 4.79 Å². The molecule has 0 rings (SSSR count). The minimum absolute atomic E-state index is 0.243. The summed E-state index contributed by atoms with van der Waals surface area (Å²) in [6, 6.07) is 0.560. The summed E-state index contributed by atoms with van der Waals surface area (Å²) < 4.78 is 10.4. The van der Waals surface area contributed by atoms with Gasteiger partial charge in [0.05, 0.1) is 6.61 Å². The number of rotatable bonds is 9. The summed E-state index contributed by atoms with van der Waals surface area (Å²) in [5, 5.41) is 6.36. The molecule has 2 N–H and O–H groups in total. The van der Waals surface area contributed by atoms with Gasteiger partial charge in [0, 0.05) is 25.7 Å². The second-order valence-electron chi connectivity index (χ2n) is 6.10. The SMILES string of the molecule is CCCC(CNC(=O)OC(C)(C)C)NC(CC)COC. The molecule has 20 heavy (non-hydrogen) atoms. The zero-order valence-electron chi connectivity index (χ0n) is 13.9. The highest BCUT2D eigenvalue weighted by atomic mass is 16.6. The van der Waals surface area contributed by atoms with Crippen molar-refractivity contribution in [1.82, 2.24) is 10.6 Å². The van der Waals surface area contributed by atoms with Crippen LogP contribution in [-0.2, 0) is 9.47 Å². The Morgan fingerprint density at radius 1 is 1.20 bits per heavy atom. The van der Waals surface area contributed by atoms with Crippen LogP contribution in [0.5, 0.6) is 0 Å². The lowest BCUT2D eigenvalue weighted by atomic mass is 10.1. The summed E-state index contributed by atoms with van der Waals surface area (Å²) in [7, 11) is 1.71. The predicted octanol–water partition coefficient (Wildman–Crippen LogP) is 2.69. The number of hydrogen-bond acceptors (Lipinski definition) is 4. The molecule has 2 unspecified atom stereocenters. The molecular weight excluding hydrogens is 256 g/mol. The van der Waals surface area contributed by atoms with Crippen LogP contribution in [0.15, 0.2) is 0 Å². The Morgan fingerprint density at radius 2 is 1.85 bits per heavy atom. The quantitative estimate of drug-likeness (QED) is 0.685. The smallest absolute Gasteiger partial charge is 0.407 e. The van der Waals surface area contributed by atoms with Gasteiger partial charge in [0.1, 0.15) is 5.60 Å². The molecule has 0 heterocycles. The molecule has 0 aromatic rings. The molecule has 0 saturated heterocycles. The van der Waals surface area contributed by atoms with Gasteiger partial charge in [-0.2, -0.15) is 0 Å². The average Bonchev–Trinajstić information content (AvgIpc) is 2.33. The molecule has 2 atom stereocenters. The van der Waals surface area contributed by atoms with Crippen LogP contribution in [0.2, 0.25) is 0 Å². The van der Waals surface area contributed by atoms with Crippen LogP contribution in [0, 0.1) is 0 Å². The molecule has 0 aliphatic carbocycles. The Hall–Kier alpha value is -0.810. The maximum absolute atomic E-state index is 11.7. The highest BCUT2D eigenvalue weighted by molar-refractivity contribution is 5.67. The number of carbonyl (C=O) groups excluding carboxylic acids is 1. The third-order valence-corrected chi connectivity index (χ3v) is 2.86. The van der Waals surface area contributed by atoms with Crippen molar-refractivity contribution in [3.63, 3.8) is 0 Å². The van der Waals surface area contributed by atoms with Crippen molar-refractivity contribution in [2.75, 3.05) is 20.3 Å². The van der Waals surface area contributed by atoms with E-state index < -0.39 is 5.60 Å². The van der Waals surface area contributed by atoms with E-state index in [1.165, 1.54) is 0 Å². The number of alkyl carbamates (subject to hydrolysis) is 1. The van der Waals surface area contributed by atoms with Gasteiger partial charge in [-0.15, -0.1) is 0 Å². The lowest BCUT2D eigenvalue weighted by Crippen LogP contribution is -2.47. The summed E-state index contributed by atoms with van der Waals surface area (Å²) in [5.74, 6) is 0. The predicted molar refractivity (Wildman–Crippen MR) is 82.0 cm³/mol. The summed E-state index contributed by atoms with van der Waals surface area (Å²) >= 11 is 0. The molecule has 0 spiro atoms. The molecule has 1 amide bonds. The van der Waals surface area contributed by atoms with Gasteiger partial charge < -0.3 is 20.1 Å². The third-order valence-electron chi connectivity index (χ3n) is 2.86. The van der Waals surface area contributed by atoms with Gasteiger partial charge in [0.2, 0.25) is 0 Å². The van der Waals surface area contributed by atoms with Gasteiger partial charge in [-0.05, 0) is 33.6 Å². The molecule has 0 aliphatic rings. The number of ether oxygens (including phenoxy) is 2. The van der Waals surface area contributed by atoms with Crippen LogP contribution in [-0.4, -0.2) is 44.0 Å². The molecule has 0 fully saturated rings. The van der Waals surface area contributed by atoms with E-state index in [9.17, 15) is 4.79 Å². The fourth-order valence-corrected chi connectivity index (χ4v) is 1.93. The summed E-state index contributed by atoms with van der Waals surface area (Å²) in [4.78, 5) is 11.7. The normalized spacial score (nSPS) is 14.7. The van der Waals surface area contributed by atoms with Gasteiger partial charge in [0.15, 0.2) is 0 Å². The van der Waals surface area contributed by atoms with Gasteiger partial charge in [-0.1, -0.05) is 20.3 Å². The Bertz CT molecular complexity index is 264. The number of carbonyl (C=O) groups is 1. The topological polar surface area (TPSA) is 59.6 Å². The van der Waals surface area contributed by atoms with E-state index in [-0.39, 0.29) is 12.1 Å². The monoisotopic (exact) mass is 288 g/mol. The fraction of sp³-hybridized carbons (Fsp3) is 0.933. The van der Waals surface area contributed by atoms with E-state index in [1.807, 2.05) is 20.8 Å². The van der Waals surface area contributed by atoms with Crippen molar-refractivity contribution in [3.05, 3.63) is 0 Å². The first kappa shape index (κ1) is 19.2. The largest absolute Gasteiger partial charge is 0.444 e. The van der Waals surface area contributed by atoms with Crippen molar-refractivity contribution in [3.8, 4) is 0 Å². The lowest BCUT2D eigenvalue weighted by Gasteiger charge is -2.26. The molecule has 0 aromatic carbocycles. The Morgan fingerprint density at radius 3 is 2.30 bits per heavy atom. The average molecular weight is 288 g/mol. The molecule has 5 nitrogen and oxygen atoms in total. The maximum Gasteiger partial charge on any atom is 0.407 e. The van der Waals surface area contributed by atoms with Crippen molar-refractivity contribution in [2.45, 2.75) is 71.6 Å². The van der Waals surface area contributed by atoms with Crippen LogP contribution in [0.1, 0.15) is 53.9 Å². The number of amides is 1. The molecular formula is C15H32N2O3. The fourth-order valence-electron chi connectivity index (χ4n) is 1.93. The standard InChI is InChI=1S/C15H32N2O3/c1-7-9-13(17-12(8-2)11-19-6)10-16-14(18)20-15(3,4)5/h12-13,17H,7-11H2,1-6H3,(H,16,18). The molecule has 5 heteroatoms. The first-order valence-electron chi connectivity index (χ1n) is 7.54. The minimum Gasteiger partial charge on any atom is -0.444 e. The highest BCUT2D eigenvalue weighted by Crippen LogP contribution is 2.07. The Labute approximate surface area is 123 Å². The molecule has 0 bridgehead atoms. The first-order chi connectivity index (χ1) is 9.32. The summed E-state index contributed by atoms with van der Waals surface area (Å²) in [6.45, 7) is 11.1. The van der Waals surface area contributed by atoms with Gasteiger partial charge in [0.25, 0.3) is 0 Å². The second-order valence-corrected chi connectivity index (χ2v) is 6.10. The highest BCUT2D eigenvalue weighted by Gasteiger charge is 2.18. The second kappa shape index (κ2) is 10.00. The van der Waals surface area contributed by atoms with Gasteiger partial charge in [-0.3, -0.25) is 0 Å². The van der Waals surface area contributed by atoms with E-state index in [1.54, 1.807) is 7.11 Å². The van der Waals surface area contributed by atoms with Crippen LogP contribution in [0.25, 0.3) is 0 Å². The maximum atomic E-state index is 11.7. The molecule has 0 saturated carbocycles. The van der Waals surface area contributed by atoms with Crippen molar-refractivity contribution in [1.29, 1.82) is 0 Å². The van der Waals surface area contributed by atoms with Crippen molar-refractivity contribution < 1.29 is 14.3 Å². The van der Waals surface area contributed by atoms with E-state index in [0.717, 1.165) is 19.3 Å². The lowest BCUT2D eigenvalue weighted by molar-refractivity contribution is 0.0519. The van der Waals surface area contributed by atoms with E-state index in [0.29, 0.717) is 19.2 Å². The van der Waals surface area contributed by atoms with Crippen LogP contribution in [0.3, 0.4) is 0 Å². The minimum atomic E-state index is -0.459. The van der Waals surface area contributed by atoms with Crippen LogP contribution >= 0.6 is 0 Å². The Balaban J connectivity index is 4.22. The summed E-state index contributed by atoms with van der Waals surface area (Å²) in [6.07, 6.45) is 2.72. The molecule has 0 radical (unpaired) electrons. The summed E-state index contributed by atoms with van der Waals surface area (Å²) in [5.41, 5.74) is -0.459.